The summed E-state index contributed by atoms with van der Waals surface area (Å²) in [6.07, 6.45) is 5.24. The molecule has 2 aliphatic heterocycles. The minimum Gasteiger partial charge on any atom is -0.393 e. The average Bonchev–Trinajstić information content (AvgIpc) is 3.02. The molecule has 1 N–H and O–H groups in total. The van der Waals surface area contributed by atoms with Gasteiger partial charge in [0.05, 0.1) is 11.8 Å². The molecule has 2 aromatic heterocycles. The van der Waals surface area contributed by atoms with Crippen LogP contribution in [0.15, 0.2) is 23.2 Å². The van der Waals surface area contributed by atoms with Gasteiger partial charge >= 0.3 is 0 Å². The Kier molecular flexibility index (Phi) is 4.78. The number of fused-ring (bicyclic) bond motifs is 1. The Bertz CT molecular complexity index is 668. The molecule has 24 heavy (non-hydrogen) atoms. The van der Waals surface area contributed by atoms with Crippen molar-refractivity contribution in [3.05, 3.63) is 40.0 Å². The van der Waals surface area contributed by atoms with Crippen LogP contribution in [-0.2, 0) is 19.4 Å². The van der Waals surface area contributed by atoms with E-state index in [9.17, 15) is 5.11 Å². The highest BCUT2D eigenvalue weighted by molar-refractivity contribution is 7.07. The highest BCUT2D eigenvalue weighted by Gasteiger charge is 2.24. The standard InChI is InChI=1S/C18H24N4OS/c23-15-1-8-22(9-2-15)18-16-3-6-21(11-14-5-10-24-12-14)7-4-17(16)19-13-20-18/h5,10,12-13,15,23H,1-4,6-9,11H2. The first-order valence-electron chi connectivity index (χ1n) is 8.79. The molecule has 1 saturated heterocycles. The summed E-state index contributed by atoms with van der Waals surface area (Å²) in [5.41, 5.74) is 3.93. The summed E-state index contributed by atoms with van der Waals surface area (Å²) in [5, 5.41) is 14.1. The largest absolute Gasteiger partial charge is 0.393 e. The van der Waals surface area contributed by atoms with Crippen molar-refractivity contribution < 1.29 is 5.11 Å². The van der Waals surface area contributed by atoms with E-state index in [0.29, 0.717) is 0 Å². The van der Waals surface area contributed by atoms with Gasteiger partial charge in [0.1, 0.15) is 12.1 Å². The van der Waals surface area contributed by atoms with Crippen LogP contribution in [0.3, 0.4) is 0 Å². The zero-order valence-electron chi connectivity index (χ0n) is 13.9. The van der Waals surface area contributed by atoms with E-state index in [4.69, 9.17) is 0 Å². The van der Waals surface area contributed by atoms with Crippen molar-refractivity contribution in [2.45, 2.75) is 38.3 Å². The quantitative estimate of drug-likeness (QED) is 0.924. The topological polar surface area (TPSA) is 52.5 Å². The minimum absolute atomic E-state index is 0.150. The number of hydrogen-bond donors (Lipinski definition) is 1. The summed E-state index contributed by atoms with van der Waals surface area (Å²) in [6, 6.07) is 2.22. The Morgan fingerprint density at radius 2 is 1.96 bits per heavy atom. The molecule has 128 valence electrons. The van der Waals surface area contributed by atoms with Crippen LogP contribution in [0, 0.1) is 0 Å². The van der Waals surface area contributed by atoms with E-state index in [-0.39, 0.29) is 6.10 Å². The van der Waals surface area contributed by atoms with E-state index in [0.717, 1.165) is 64.2 Å². The zero-order valence-corrected chi connectivity index (χ0v) is 14.7. The second-order valence-corrected chi connectivity index (χ2v) is 7.53. The molecule has 2 aromatic rings. The molecule has 0 unspecified atom stereocenters. The van der Waals surface area contributed by atoms with Crippen LogP contribution < -0.4 is 4.90 Å². The van der Waals surface area contributed by atoms with E-state index in [1.807, 2.05) is 0 Å². The number of aliphatic hydroxyl groups excluding tert-OH is 1. The third-order valence-corrected chi connectivity index (χ3v) is 5.84. The molecule has 6 heteroatoms. The van der Waals surface area contributed by atoms with Gasteiger partial charge in [-0.25, -0.2) is 9.97 Å². The molecule has 0 bridgehead atoms. The van der Waals surface area contributed by atoms with E-state index >= 15 is 0 Å². The van der Waals surface area contributed by atoms with Crippen molar-refractivity contribution in [1.82, 2.24) is 14.9 Å². The first-order valence-corrected chi connectivity index (χ1v) is 9.73. The molecule has 0 spiro atoms. The van der Waals surface area contributed by atoms with Gasteiger partial charge in [-0.3, -0.25) is 4.90 Å². The van der Waals surface area contributed by atoms with Gasteiger partial charge in [0.15, 0.2) is 0 Å². The van der Waals surface area contributed by atoms with Gasteiger partial charge < -0.3 is 10.0 Å². The molecule has 5 nitrogen and oxygen atoms in total. The summed E-state index contributed by atoms with van der Waals surface area (Å²) in [5.74, 6) is 1.10. The first-order chi connectivity index (χ1) is 11.8. The Morgan fingerprint density at radius 1 is 1.12 bits per heavy atom. The molecule has 0 aromatic carbocycles. The molecule has 2 aliphatic rings. The molecule has 0 aliphatic carbocycles. The number of aromatic nitrogens is 2. The maximum absolute atomic E-state index is 9.75. The van der Waals surface area contributed by atoms with Crippen LogP contribution in [0.1, 0.15) is 29.7 Å². The van der Waals surface area contributed by atoms with Gasteiger partial charge in [-0.15, -0.1) is 0 Å². The van der Waals surface area contributed by atoms with Gasteiger partial charge in [0.2, 0.25) is 0 Å². The molecule has 0 amide bonds. The lowest BCUT2D eigenvalue weighted by Gasteiger charge is -2.32. The summed E-state index contributed by atoms with van der Waals surface area (Å²) in [4.78, 5) is 14.0. The lowest BCUT2D eigenvalue weighted by molar-refractivity contribution is 0.145. The van der Waals surface area contributed by atoms with E-state index in [1.165, 1.54) is 16.8 Å². The van der Waals surface area contributed by atoms with Gasteiger partial charge in [0, 0.05) is 44.7 Å². The Morgan fingerprint density at radius 3 is 2.75 bits per heavy atom. The van der Waals surface area contributed by atoms with Gasteiger partial charge in [0.25, 0.3) is 0 Å². The van der Waals surface area contributed by atoms with Crippen LogP contribution in [0.2, 0.25) is 0 Å². The average molecular weight is 344 g/mol. The fourth-order valence-corrected chi connectivity index (χ4v) is 4.36. The predicted molar refractivity (Wildman–Crippen MR) is 96.5 cm³/mol. The van der Waals surface area contributed by atoms with Gasteiger partial charge in [-0.1, -0.05) is 0 Å². The van der Waals surface area contributed by atoms with Crippen molar-refractivity contribution >= 4 is 17.2 Å². The van der Waals surface area contributed by atoms with Crippen molar-refractivity contribution in [3.8, 4) is 0 Å². The Balaban J connectivity index is 1.50. The van der Waals surface area contributed by atoms with Crippen LogP contribution in [0.25, 0.3) is 0 Å². The molecular formula is C18H24N4OS. The molecular weight excluding hydrogens is 320 g/mol. The molecule has 1 fully saturated rings. The van der Waals surface area contributed by atoms with E-state index < -0.39 is 0 Å². The molecule has 0 radical (unpaired) electrons. The normalized spacial score (nSPS) is 20.0. The SMILES string of the molecule is OC1CCN(c2ncnc3c2CCN(Cc2ccsc2)CC3)CC1. The predicted octanol–water partition coefficient (Wildman–Crippen LogP) is 2.10. The van der Waals surface area contributed by atoms with Crippen LogP contribution in [-0.4, -0.2) is 52.3 Å². The lowest BCUT2D eigenvalue weighted by Crippen LogP contribution is -2.37. The van der Waals surface area contributed by atoms with Crippen molar-refractivity contribution in [1.29, 1.82) is 0 Å². The van der Waals surface area contributed by atoms with Crippen molar-refractivity contribution in [2.75, 3.05) is 31.1 Å². The van der Waals surface area contributed by atoms with Crippen LogP contribution >= 0.6 is 11.3 Å². The first kappa shape index (κ1) is 16.0. The monoisotopic (exact) mass is 344 g/mol. The summed E-state index contributed by atoms with van der Waals surface area (Å²) >= 11 is 1.77. The van der Waals surface area contributed by atoms with Gasteiger partial charge in [-0.05, 0) is 41.7 Å². The molecule has 4 rings (SSSR count). The third-order valence-electron chi connectivity index (χ3n) is 5.11. The number of nitrogens with zero attached hydrogens (tertiary/aromatic N) is 4. The minimum atomic E-state index is -0.150. The van der Waals surface area contributed by atoms with Gasteiger partial charge in [-0.2, -0.15) is 11.3 Å². The summed E-state index contributed by atoms with van der Waals surface area (Å²) in [7, 11) is 0. The smallest absolute Gasteiger partial charge is 0.135 e. The van der Waals surface area contributed by atoms with E-state index in [1.54, 1.807) is 17.7 Å². The number of anilines is 1. The maximum Gasteiger partial charge on any atom is 0.135 e. The summed E-state index contributed by atoms with van der Waals surface area (Å²) in [6.45, 7) is 4.92. The highest BCUT2D eigenvalue weighted by Crippen LogP contribution is 2.26. The van der Waals surface area contributed by atoms with Crippen molar-refractivity contribution in [2.24, 2.45) is 0 Å². The molecule has 4 heterocycles. The van der Waals surface area contributed by atoms with Crippen LogP contribution in [0.5, 0.6) is 0 Å². The second kappa shape index (κ2) is 7.17. The number of rotatable bonds is 3. The third kappa shape index (κ3) is 3.45. The summed E-state index contributed by atoms with van der Waals surface area (Å²) < 4.78 is 0. The number of thiophene rings is 1. The zero-order chi connectivity index (χ0) is 16.4. The number of piperidine rings is 1. The maximum atomic E-state index is 9.75. The van der Waals surface area contributed by atoms with Crippen LogP contribution in [0.4, 0.5) is 5.82 Å². The number of hydrogen-bond acceptors (Lipinski definition) is 6. The fraction of sp³-hybridized carbons (Fsp3) is 0.556. The molecule has 0 atom stereocenters. The Hall–Kier alpha value is -1.50. The van der Waals surface area contributed by atoms with Crippen molar-refractivity contribution in [3.63, 3.8) is 0 Å². The highest BCUT2D eigenvalue weighted by atomic mass is 32.1. The fourth-order valence-electron chi connectivity index (χ4n) is 3.70. The lowest BCUT2D eigenvalue weighted by atomic mass is 10.1. The second-order valence-electron chi connectivity index (χ2n) is 6.75. The number of aliphatic hydroxyl groups is 1. The molecule has 0 saturated carbocycles. The van der Waals surface area contributed by atoms with E-state index in [2.05, 4.69) is 36.6 Å². The Labute approximate surface area is 147 Å².